The molecule has 0 aliphatic rings. The van der Waals surface area contributed by atoms with Gasteiger partial charge < -0.3 is 26.6 Å². The molecule has 9 nitrogen and oxygen atoms in total. The predicted molar refractivity (Wildman–Crippen MR) is 75.9 cm³/mol. The van der Waals surface area contributed by atoms with Gasteiger partial charge in [0.25, 0.3) is 0 Å². The largest absolute Gasteiger partial charge is 0.481 e. The lowest BCUT2D eigenvalue weighted by atomic mass is 10.1. The highest BCUT2D eigenvalue weighted by molar-refractivity contribution is 7.80. The molecule has 0 aromatic heterocycles. The molecule has 0 heterocycles. The number of hydrogen-bond acceptors (Lipinski definition) is 6. The van der Waals surface area contributed by atoms with Gasteiger partial charge in [-0.05, 0) is 6.42 Å². The van der Waals surface area contributed by atoms with Crippen LogP contribution in [0.5, 0.6) is 0 Å². The first-order valence-corrected chi connectivity index (χ1v) is 6.79. The predicted octanol–water partition coefficient (Wildman–Crippen LogP) is -1.82. The molecular weight excluding hydrogens is 302 g/mol. The van der Waals surface area contributed by atoms with Gasteiger partial charge >= 0.3 is 11.9 Å². The van der Waals surface area contributed by atoms with E-state index in [9.17, 15) is 19.2 Å². The van der Waals surface area contributed by atoms with Crippen LogP contribution in [0.2, 0.25) is 0 Å². The van der Waals surface area contributed by atoms with E-state index in [-0.39, 0.29) is 31.6 Å². The number of nitrogens with two attached hydrogens (primary N) is 1. The first-order chi connectivity index (χ1) is 9.77. The average Bonchev–Trinajstić information content (AvgIpc) is 2.41. The highest BCUT2D eigenvalue weighted by Gasteiger charge is 2.20. The number of aliphatic carboxylic acids is 2. The lowest BCUT2D eigenvalue weighted by molar-refractivity contribution is -0.139. The molecule has 0 aliphatic heterocycles. The Balaban J connectivity index is 4.17. The van der Waals surface area contributed by atoms with Gasteiger partial charge in [0.15, 0.2) is 0 Å². The number of nitrogens with one attached hydrogen (secondary N) is 2. The van der Waals surface area contributed by atoms with Gasteiger partial charge in [-0.1, -0.05) is 0 Å². The number of amides is 2. The van der Waals surface area contributed by atoms with E-state index in [0.29, 0.717) is 0 Å². The summed E-state index contributed by atoms with van der Waals surface area (Å²) in [4.78, 5) is 44.0. The van der Waals surface area contributed by atoms with Crippen molar-refractivity contribution in [1.82, 2.24) is 10.6 Å². The highest BCUT2D eigenvalue weighted by atomic mass is 32.1. The minimum Gasteiger partial charge on any atom is -0.481 e. The van der Waals surface area contributed by atoms with Gasteiger partial charge in [0, 0.05) is 18.7 Å². The summed E-state index contributed by atoms with van der Waals surface area (Å²) in [7, 11) is 0. The summed E-state index contributed by atoms with van der Waals surface area (Å²) in [6.07, 6.45) is -0.423. The zero-order valence-electron chi connectivity index (χ0n) is 11.2. The van der Waals surface area contributed by atoms with E-state index >= 15 is 0 Å². The van der Waals surface area contributed by atoms with Gasteiger partial charge in [0.05, 0.1) is 6.42 Å². The molecule has 0 aliphatic carbocycles. The van der Waals surface area contributed by atoms with Gasteiger partial charge in [-0.2, -0.15) is 12.6 Å². The van der Waals surface area contributed by atoms with E-state index < -0.39 is 35.8 Å². The smallest absolute Gasteiger partial charge is 0.320 e. The van der Waals surface area contributed by atoms with Crippen LogP contribution in [-0.2, 0) is 19.2 Å². The molecule has 0 spiro atoms. The molecule has 0 rings (SSSR count). The van der Waals surface area contributed by atoms with E-state index in [2.05, 4.69) is 23.3 Å². The van der Waals surface area contributed by atoms with Crippen molar-refractivity contribution in [1.29, 1.82) is 0 Å². The summed E-state index contributed by atoms with van der Waals surface area (Å²) >= 11 is 3.92. The lowest BCUT2D eigenvalue weighted by Gasteiger charge is -2.16. The standard InChI is InChI=1S/C11H19N3O6S/c12-6(11(19)20)1-2-8(15)14-7(5-21)10(18)13-4-3-9(16)17/h6-7,21H,1-5,12H2,(H,13,18)(H,14,15)(H,16,17)(H,19,20)/t6?,7-/m0/s1. The van der Waals surface area contributed by atoms with Crippen LogP contribution in [0.3, 0.4) is 0 Å². The van der Waals surface area contributed by atoms with Crippen molar-refractivity contribution in [3.8, 4) is 0 Å². The second kappa shape index (κ2) is 10.00. The van der Waals surface area contributed by atoms with Crippen LogP contribution in [0.1, 0.15) is 19.3 Å². The summed E-state index contributed by atoms with van der Waals surface area (Å²) in [5, 5.41) is 21.7. The molecule has 2 atom stereocenters. The maximum atomic E-state index is 11.7. The van der Waals surface area contributed by atoms with Crippen molar-refractivity contribution >= 4 is 36.4 Å². The first-order valence-electron chi connectivity index (χ1n) is 6.16. The van der Waals surface area contributed by atoms with Gasteiger partial charge in [-0.25, -0.2) is 0 Å². The molecule has 120 valence electrons. The molecule has 0 aromatic rings. The third-order valence-corrected chi connectivity index (χ3v) is 2.84. The molecular formula is C11H19N3O6S. The normalized spacial score (nSPS) is 13.0. The summed E-state index contributed by atoms with van der Waals surface area (Å²) in [5.74, 6) is -3.32. The fourth-order valence-corrected chi connectivity index (χ4v) is 1.54. The van der Waals surface area contributed by atoms with Crippen LogP contribution >= 0.6 is 12.6 Å². The Morgan fingerprint density at radius 1 is 1.14 bits per heavy atom. The molecule has 0 fully saturated rings. The molecule has 1 unspecified atom stereocenters. The Kier molecular flexibility index (Phi) is 9.13. The minimum absolute atomic E-state index is 0.0234. The molecule has 10 heteroatoms. The number of carbonyl (C=O) groups excluding carboxylic acids is 2. The van der Waals surface area contributed by atoms with Crippen molar-refractivity contribution < 1.29 is 29.4 Å². The van der Waals surface area contributed by atoms with Gasteiger partial charge in [-0.15, -0.1) is 0 Å². The van der Waals surface area contributed by atoms with Crippen LogP contribution < -0.4 is 16.4 Å². The quantitative estimate of drug-likeness (QED) is 0.258. The Hall–Kier alpha value is -1.81. The molecule has 0 bridgehead atoms. The fraction of sp³-hybridized carbons (Fsp3) is 0.636. The van der Waals surface area contributed by atoms with E-state index in [1.807, 2.05) is 0 Å². The topological polar surface area (TPSA) is 159 Å². The summed E-state index contributed by atoms with van der Waals surface area (Å²) in [6, 6.07) is -2.06. The number of carbonyl (C=O) groups is 4. The lowest BCUT2D eigenvalue weighted by Crippen LogP contribution is -2.48. The van der Waals surface area contributed by atoms with E-state index in [1.165, 1.54) is 0 Å². The van der Waals surface area contributed by atoms with Crippen LogP contribution in [0.4, 0.5) is 0 Å². The third kappa shape index (κ3) is 8.87. The number of carboxylic acids is 2. The van der Waals surface area contributed by atoms with Crippen molar-refractivity contribution in [3.63, 3.8) is 0 Å². The van der Waals surface area contributed by atoms with Crippen molar-refractivity contribution in [3.05, 3.63) is 0 Å². The number of thiol groups is 1. The monoisotopic (exact) mass is 321 g/mol. The third-order valence-electron chi connectivity index (χ3n) is 2.47. The number of carboxylic acid groups (broad SMARTS) is 2. The molecule has 21 heavy (non-hydrogen) atoms. The van der Waals surface area contributed by atoms with Crippen LogP contribution in [0.25, 0.3) is 0 Å². The van der Waals surface area contributed by atoms with Crippen LogP contribution in [0.15, 0.2) is 0 Å². The highest BCUT2D eigenvalue weighted by Crippen LogP contribution is 1.97. The van der Waals surface area contributed by atoms with E-state index in [4.69, 9.17) is 15.9 Å². The number of rotatable bonds is 10. The molecule has 0 aromatic carbocycles. The molecule has 0 saturated heterocycles. The summed E-state index contributed by atoms with van der Waals surface area (Å²) in [5.41, 5.74) is 5.25. The van der Waals surface area contributed by atoms with E-state index in [1.54, 1.807) is 0 Å². The van der Waals surface area contributed by atoms with Crippen molar-refractivity contribution in [2.45, 2.75) is 31.3 Å². The van der Waals surface area contributed by atoms with E-state index in [0.717, 1.165) is 0 Å². The summed E-state index contributed by atoms with van der Waals surface area (Å²) < 4.78 is 0. The second-order valence-corrected chi connectivity index (χ2v) is 4.59. The molecule has 0 radical (unpaired) electrons. The Bertz CT molecular complexity index is 403. The maximum absolute atomic E-state index is 11.7. The average molecular weight is 321 g/mol. The van der Waals surface area contributed by atoms with Crippen molar-refractivity contribution in [2.75, 3.05) is 12.3 Å². The van der Waals surface area contributed by atoms with Gasteiger partial charge in [0.1, 0.15) is 12.1 Å². The van der Waals surface area contributed by atoms with Crippen LogP contribution in [-0.4, -0.2) is 58.3 Å². The molecule has 2 amide bonds. The SMILES string of the molecule is NC(CCC(=O)N[C@@H](CS)C(=O)NCCC(=O)O)C(=O)O. The van der Waals surface area contributed by atoms with Crippen LogP contribution in [0, 0.1) is 0 Å². The number of hydrogen-bond donors (Lipinski definition) is 6. The molecule has 0 saturated carbocycles. The van der Waals surface area contributed by atoms with Gasteiger partial charge in [0.2, 0.25) is 11.8 Å². The fourth-order valence-electron chi connectivity index (χ4n) is 1.29. The zero-order chi connectivity index (χ0) is 16.4. The zero-order valence-corrected chi connectivity index (χ0v) is 12.1. The summed E-state index contributed by atoms with van der Waals surface area (Å²) in [6.45, 7) is -0.0573. The maximum Gasteiger partial charge on any atom is 0.320 e. The van der Waals surface area contributed by atoms with Gasteiger partial charge in [-0.3, -0.25) is 19.2 Å². The Labute approximate surface area is 126 Å². The molecule has 6 N–H and O–H groups in total. The first kappa shape index (κ1) is 19.2. The Morgan fingerprint density at radius 2 is 1.76 bits per heavy atom. The minimum atomic E-state index is -1.21. The van der Waals surface area contributed by atoms with Crippen molar-refractivity contribution in [2.24, 2.45) is 5.73 Å². The second-order valence-electron chi connectivity index (χ2n) is 4.22. The Morgan fingerprint density at radius 3 is 2.24 bits per heavy atom.